The molecule has 0 unspecified atom stereocenters. The Morgan fingerprint density at radius 1 is 1.05 bits per heavy atom. The Bertz CT molecular complexity index is 723. The Labute approximate surface area is 118 Å². The van der Waals surface area contributed by atoms with E-state index < -0.39 is 10.0 Å². The maximum Gasteiger partial charge on any atom is 0.240 e. The fourth-order valence-electron chi connectivity index (χ4n) is 2.08. The molecular formula is C15H16N2O2S. The molecule has 2 aromatic carbocycles. The standard InChI is InChI=1S/C15H16N2O2S/c16-15-10-13(20(18,19)17-12-6-7-12)8-9-14(15)11-4-2-1-3-5-11/h1-5,8-10,12,17H,6-7,16H2. The highest BCUT2D eigenvalue weighted by atomic mass is 32.2. The Morgan fingerprint density at radius 2 is 1.75 bits per heavy atom. The van der Waals surface area contributed by atoms with E-state index in [2.05, 4.69) is 4.72 Å². The zero-order chi connectivity index (χ0) is 14.2. The second-order valence-corrected chi connectivity index (χ2v) is 6.72. The molecule has 0 heterocycles. The summed E-state index contributed by atoms with van der Waals surface area (Å²) in [4.78, 5) is 0.224. The minimum absolute atomic E-state index is 0.0926. The number of benzene rings is 2. The van der Waals surface area contributed by atoms with Gasteiger partial charge in [-0.25, -0.2) is 13.1 Å². The third-order valence-corrected chi connectivity index (χ3v) is 4.84. The van der Waals surface area contributed by atoms with Gasteiger partial charge < -0.3 is 5.73 Å². The molecule has 0 radical (unpaired) electrons. The molecule has 1 aliphatic carbocycles. The van der Waals surface area contributed by atoms with E-state index in [1.807, 2.05) is 30.3 Å². The minimum Gasteiger partial charge on any atom is -0.398 e. The molecule has 0 aliphatic heterocycles. The molecule has 4 nitrogen and oxygen atoms in total. The van der Waals surface area contributed by atoms with Gasteiger partial charge in [-0.05, 0) is 30.5 Å². The van der Waals surface area contributed by atoms with E-state index in [-0.39, 0.29) is 10.9 Å². The first-order valence-corrected chi connectivity index (χ1v) is 8.02. The number of rotatable bonds is 4. The molecule has 1 saturated carbocycles. The summed E-state index contributed by atoms with van der Waals surface area (Å²) in [5.41, 5.74) is 8.29. The van der Waals surface area contributed by atoms with Crippen molar-refractivity contribution in [2.24, 2.45) is 0 Å². The first-order chi connectivity index (χ1) is 9.56. The summed E-state index contributed by atoms with van der Waals surface area (Å²) in [6.45, 7) is 0. The van der Waals surface area contributed by atoms with Crippen molar-refractivity contribution in [3.63, 3.8) is 0 Å². The summed E-state index contributed by atoms with van der Waals surface area (Å²) in [5, 5.41) is 0. The van der Waals surface area contributed by atoms with Gasteiger partial charge in [-0.2, -0.15) is 0 Å². The lowest BCUT2D eigenvalue weighted by molar-refractivity contribution is 0.581. The summed E-state index contributed by atoms with van der Waals surface area (Å²) >= 11 is 0. The second kappa shape index (κ2) is 4.92. The topological polar surface area (TPSA) is 72.2 Å². The molecule has 0 spiro atoms. The molecule has 2 aromatic rings. The van der Waals surface area contributed by atoms with Gasteiger partial charge in [-0.3, -0.25) is 0 Å². The third-order valence-electron chi connectivity index (χ3n) is 3.32. The van der Waals surface area contributed by atoms with E-state index in [0.29, 0.717) is 5.69 Å². The van der Waals surface area contributed by atoms with Gasteiger partial charge in [0.05, 0.1) is 4.90 Å². The molecule has 1 aliphatic rings. The van der Waals surface area contributed by atoms with Gasteiger partial charge in [-0.1, -0.05) is 36.4 Å². The highest BCUT2D eigenvalue weighted by Gasteiger charge is 2.28. The summed E-state index contributed by atoms with van der Waals surface area (Å²) in [6, 6.07) is 14.6. The van der Waals surface area contributed by atoms with Crippen molar-refractivity contribution in [2.75, 3.05) is 5.73 Å². The molecule has 0 saturated heterocycles. The highest BCUT2D eigenvalue weighted by molar-refractivity contribution is 7.89. The lowest BCUT2D eigenvalue weighted by Crippen LogP contribution is -2.25. The molecular weight excluding hydrogens is 272 g/mol. The van der Waals surface area contributed by atoms with Crippen LogP contribution < -0.4 is 10.5 Å². The van der Waals surface area contributed by atoms with Crippen molar-refractivity contribution < 1.29 is 8.42 Å². The number of anilines is 1. The monoisotopic (exact) mass is 288 g/mol. The maximum atomic E-state index is 12.1. The van der Waals surface area contributed by atoms with Gasteiger partial charge in [-0.15, -0.1) is 0 Å². The second-order valence-electron chi connectivity index (χ2n) is 5.01. The number of nitrogens with one attached hydrogen (secondary N) is 1. The maximum absolute atomic E-state index is 12.1. The Hall–Kier alpha value is -1.85. The van der Waals surface area contributed by atoms with E-state index in [1.165, 1.54) is 6.07 Å². The fraction of sp³-hybridized carbons (Fsp3) is 0.200. The largest absolute Gasteiger partial charge is 0.398 e. The number of hydrogen-bond acceptors (Lipinski definition) is 3. The average Bonchev–Trinajstić information content (AvgIpc) is 3.23. The molecule has 0 bridgehead atoms. The van der Waals surface area contributed by atoms with Crippen LogP contribution in [0.4, 0.5) is 5.69 Å². The van der Waals surface area contributed by atoms with Crippen LogP contribution in [0.1, 0.15) is 12.8 Å². The molecule has 104 valence electrons. The zero-order valence-electron chi connectivity index (χ0n) is 10.9. The number of hydrogen-bond donors (Lipinski definition) is 2. The fourth-order valence-corrected chi connectivity index (χ4v) is 3.42. The van der Waals surface area contributed by atoms with E-state index in [9.17, 15) is 8.42 Å². The van der Waals surface area contributed by atoms with Crippen molar-refractivity contribution in [1.29, 1.82) is 0 Å². The van der Waals surface area contributed by atoms with Crippen molar-refractivity contribution in [3.8, 4) is 11.1 Å². The smallest absolute Gasteiger partial charge is 0.240 e. The Balaban J connectivity index is 1.95. The summed E-state index contributed by atoms with van der Waals surface area (Å²) < 4.78 is 26.9. The lowest BCUT2D eigenvalue weighted by atomic mass is 10.0. The van der Waals surface area contributed by atoms with Gasteiger partial charge in [0.15, 0.2) is 0 Å². The molecule has 20 heavy (non-hydrogen) atoms. The SMILES string of the molecule is Nc1cc(S(=O)(=O)NC2CC2)ccc1-c1ccccc1. The first kappa shape index (κ1) is 13.1. The zero-order valence-corrected chi connectivity index (χ0v) is 11.7. The van der Waals surface area contributed by atoms with Gasteiger partial charge in [0.2, 0.25) is 10.0 Å². The predicted molar refractivity (Wildman–Crippen MR) is 79.6 cm³/mol. The van der Waals surface area contributed by atoms with Crippen LogP contribution >= 0.6 is 0 Å². The van der Waals surface area contributed by atoms with Crippen molar-refractivity contribution in [1.82, 2.24) is 4.72 Å². The van der Waals surface area contributed by atoms with Crippen molar-refractivity contribution >= 4 is 15.7 Å². The Morgan fingerprint density at radius 3 is 2.35 bits per heavy atom. The minimum atomic E-state index is -3.45. The van der Waals surface area contributed by atoms with E-state index >= 15 is 0 Å². The van der Waals surface area contributed by atoms with Gasteiger partial charge in [0.25, 0.3) is 0 Å². The average molecular weight is 288 g/mol. The molecule has 3 rings (SSSR count). The number of sulfonamides is 1. The van der Waals surface area contributed by atoms with E-state index in [0.717, 1.165) is 24.0 Å². The first-order valence-electron chi connectivity index (χ1n) is 6.53. The lowest BCUT2D eigenvalue weighted by Gasteiger charge is -2.10. The van der Waals surface area contributed by atoms with Gasteiger partial charge in [0.1, 0.15) is 0 Å². The van der Waals surface area contributed by atoms with Crippen molar-refractivity contribution in [3.05, 3.63) is 48.5 Å². The normalized spacial score (nSPS) is 15.2. The molecule has 3 N–H and O–H groups in total. The predicted octanol–water partition coefficient (Wildman–Crippen LogP) is 2.38. The highest BCUT2D eigenvalue weighted by Crippen LogP contribution is 2.29. The van der Waals surface area contributed by atoms with Crippen molar-refractivity contribution in [2.45, 2.75) is 23.8 Å². The molecule has 1 fully saturated rings. The summed E-state index contributed by atoms with van der Waals surface area (Å²) in [6.07, 6.45) is 1.83. The summed E-state index contributed by atoms with van der Waals surface area (Å²) in [7, 11) is -3.45. The van der Waals surface area contributed by atoms with Crippen LogP contribution in [0.3, 0.4) is 0 Å². The quantitative estimate of drug-likeness (QED) is 0.848. The van der Waals surface area contributed by atoms with Crippen LogP contribution in [0.15, 0.2) is 53.4 Å². The van der Waals surface area contributed by atoms with Crippen LogP contribution in [-0.4, -0.2) is 14.5 Å². The van der Waals surface area contributed by atoms with Crippen LogP contribution in [0.2, 0.25) is 0 Å². The van der Waals surface area contributed by atoms with Crippen LogP contribution in [0, 0.1) is 0 Å². The molecule has 0 aromatic heterocycles. The van der Waals surface area contributed by atoms with E-state index in [4.69, 9.17) is 5.73 Å². The molecule has 0 amide bonds. The van der Waals surface area contributed by atoms with Crippen LogP contribution in [-0.2, 0) is 10.0 Å². The van der Waals surface area contributed by atoms with Crippen LogP contribution in [0.25, 0.3) is 11.1 Å². The number of nitrogens with two attached hydrogens (primary N) is 1. The van der Waals surface area contributed by atoms with E-state index in [1.54, 1.807) is 12.1 Å². The van der Waals surface area contributed by atoms with Gasteiger partial charge in [0, 0.05) is 17.3 Å². The molecule has 5 heteroatoms. The number of nitrogen functional groups attached to an aromatic ring is 1. The summed E-state index contributed by atoms with van der Waals surface area (Å²) in [5.74, 6) is 0. The molecule has 0 atom stereocenters. The third kappa shape index (κ3) is 2.69. The van der Waals surface area contributed by atoms with Gasteiger partial charge >= 0.3 is 0 Å². The Kier molecular flexibility index (Phi) is 3.23. The van der Waals surface area contributed by atoms with Crippen LogP contribution in [0.5, 0.6) is 0 Å².